The zero-order valence-electron chi connectivity index (χ0n) is 10.9. The van der Waals surface area contributed by atoms with Gasteiger partial charge in [-0.25, -0.2) is 0 Å². The summed E-state index contributed by atoms with van der Waals surface area (Å²) in [6.45, 7) is 1.70. The molecular weight excluding hydrogens is 324 g/mol. The van der Waals surface area contributed by atoms with Crippen LogP contribution < -0.4 is 0 Å². The smallest absolute Gasteiger partial charge is 0.317 e. The first-order valence-corrected chi connectivity index (χ1v) is 10.9. The Bertz CT molecular complexity index is 263. The van der Waals surface area contributed by atoms with Crippen LogP contribution in [0.3, 0.4) is 0 Å². The maximum absolute atomic E-state index is 10.6. The van der Waals surface area contributed by atoms with Crippen molar-refractivity contribution >= 4 is 55.1 Å². The van der Waals surface area contributed by atoms with Gasteiger partial charge in [0.1, 0.15) is 11.0 Å². The zero-order chi connectivity index (χ0) is 14.5. The molecule has 4 nitrogen and oxygen atoms in total. The van der Waals surface area contributed by atoms with Crippen LogP contribution in [-0.2, 0) is 9.59 Å². The minimum atomic E-state index is -0.761. The minimum absolute atomic E-state index is 0.167. The number of unbranched alkanes of at least 4 members (excludes halogenated alkanes) is 3. The largest absolute Gasteiger partial charge is 0.481 e. The highest BCUT2D eigenvalue weighted by atomic mass is 33.1. The second-order valence-electron chi connectivity index (χ2n) is 3.79. The Morgan fingerprint density at radius 1 is 0.947 bits per heavy atom. The highest BCUT2D eigenvalue weighted by Crippen LogP contribution is 2.28. The second kappa shape index (κ2) is 13.3. The molecule has 0 aliphatic carbocycles. The van der Waals surface area contributed by atoms with Crippen molar-refractivity contribution in [2.45, 2.75) is 37.9 Å². The molecule has 1 atom stereocenters. The van der Waals surface area contributed by atoms with Crippen molar-refractivity contribution in [3.63, 3.8) is 0 Å². The van der Waals surface area contributed by atoms with E-state index >= 15 is 0 Å². The van der Waals surface area contributed by atoms with Crippen molar-refractivity contribution in [1.29, 1.82) is 0 Å². The quantitative estimate of drug-likeness (QED) is 0.385. The molecule has 0 amide bonds. The number of carboxylic acid groups (broad SMARTS) is 2. The van der Waals surface area contributed by atoms with E-state index in [0.717, 1.165) is 37.2 Å². The second-order valence-corrected chi connectivity index (χ2v) is 9.20. The van der Waals surface area contributed by atoms with Gasteiger partial charge >= 0.3 is 11.9 Å². The van der Waals surface area contributed by atoms with Gasteiger partial charge < -0.3 is 10.2 Å². The van der Waals surface area contributed by atoms with Crippen LogP contribution in [0.5, 0.6) is 0 Å². The Morgan fingerprint density at radius 3 is 2.05 bits per heavy atom. The number of rotatable bonds is 13. The van der Waals surface area contributed by atoms with Crippen LogP contribution in [0.1, 0.15) is 32.6 Å². The van der Waals surface area contributed by atoms with Crippen LogP contribution >= 0.6 is 43.2 Å². The molecule has 0 saturated heterocycles. The highest BCUT2D eigenvalue weighted by Gasteiger charge is 2.10. The normalized spacial score (nSPS) is 12.3. The van der Waals surface area contributed by atoms with Crippen molar-refractivity contribution in [2.24, 2.45) is 0 Å². The molecule has 0 aromatic rings. The van der Waals surface area contributed by atoms with Gasteiger partial charge in [0, 0.05) is 11.5 Å². The predicted octanol–water partition coefficient (Wildman–Crippen LogP) is 3.87. The molecule has 0 bridgehead atoms. The summed E-state index contributed by atoms with van der Waals surface area (Å²) in [6, 6.07) is 0. The molecule has 0 aliphatic heterocycles. The van der Waals surface area contributed by atoms with Crippen molar-refractivity contribution in [3.8, 4) is 0 Å². The Morgan fingerprint density at radius 2 is 1.53 bits per heavy atom. The lowest BCUT2D eigenvalue weighted by molar-refractivity contribution is -0.136. The van der Waals surface area contributed by atoms with Crippen molar-refractivity contribution in [1.82, 2.24) is 0 Å². The van der Waals surface area contributed by atoms with Gasteiger partial charge in [0.15, 0.2) is 0 Å². The van der Waals surface area contributed by atoms with E-state index in [4.69, 9.17) is 10.2 Å². The molecule has 112 valence electrons. The first-order chi connectivity index (χ1) is 9.04. The maximum atomic E-state index is 10.6. The molecule has 0 saturated carbocycles. The van der Waals surface area contributed by atoms with Crippen LogP contribution in [0.25, 0.3) is 0 Å². The van der Waals surface area contributed by atoms with Crippen molar-refractivity contribution in [2.75, 3.05) is 17.3 Å². The van der Waals surface area contributed by atoms with Crippen LogP contribution in [0.15, 0.2) is 0 Å². The lowest BCUT2D eigenvalue weighted by Crippen LogP contribution is -2.09. The zero-order valence-corrected chi connectivity index (χ0v) is 14.1. The highest BCUT2D eigenvalue weighted by molar-refractivity contribution is 8.77. The van der Waals surface area contributed by atoms with Gasteiger partial charge in [-0.1, -0.05) is 56.0 Å². The molecule has 1 unspecified atom stereocenters. The number of carboxylic acids is 2. The summed E-state index contributed by atoms with van der Waals surface area (Å²) >= 11 is 0. The number of hydrogen-bond acceptors (Lipinski definition) is 6. The van der Waals surface area contributed by atoms with Gasteiger partial charge in [-0.15, -0.1) is 0 Å². The summed E-state index contributed by atoms with van der Waals surface area (Å²) in [5.74, 6) is 0.635. The molecule has 0 aliphatic rings. The fourth-order valence-electron chi connectivity index (χ4n) is 1.02. The Kier molecular flexibility index (Phi) is 13.6. The molecule has 0 fully saturated rings. The summed E-state index contributed by atoms with van der Waals surface area (Å²) in [5.41, 5.74) is 0. The summed E-state index contributed by atoms with van der Waals surface area (Å²) in [7, 11) is 6.05. The lowest BCUT2D eigenvalue weighted by Gasteiger charge is -2.04. The van der Waals surface area contributed by atoms with E-state index in [0.29, 0.717) is 0 Å². The molecule has 0 aromatic heterocycles. The Balaban J connectivity index is 3.11. The molecule has 0 radical (unpaired) electrons. The van der Waals surface area contributed by atoms with E-state index in [1.165, 1.54) is 21.6 Å². The third-order valence-electron chi connectivity index (χ3n) is 2.03. The summed E-state index contributed by atoms with van der Waals surface area (Å²) < 4.78 is 0. The van der Waals surface area contributed by atoms with E-state index in [1.54, 1.807) is 28.5 Å². The number of aliphatic carboxylic acids is 2. The first-order valence-electron chi connectivity index (χ1n) is 6.01. The summed E-state index contributed by atoms with van der Waals surface area (Å²) in [5, 5.41) is 16.8. The number of carbonyl (C=O) groups is 2. The fourth-order valence-corrected chi connectivity index (χ4v) is 5.11. The Labute approximate surface area is 130 Å². The minimum Gasteiger partial charge on any atom is -0.481 e. The molecular formula is C11H20O4S4. The van der Waals surface area contributed by atoms with E-state index in [9.17, 15) is 9.59 Å². The van der Waals surface area contributed by atoms with E-state index < -0.39 is 11.9 Å². The van der Waals surface area contributed by atoms with Crippen LogP contribution in [0.2, 0.25) is 0 Å². The fraction of sp³-hybridized carbons (Fsp3) is 0.818. The van der Waals surface area contributed by atoms with Gasteiger partial charge in [0.25, 0.3) is 0 Å². The lowest BCUT2D eigenvalue weighted by atomic mass is 10.2. The molecule has 8 heteroatoms. The van der Waals surface area contributed by atoms with Crippen LogP contribution in [0, 0.1) is 0 Å². The van der Waals surface area contributed by atoms with E-state index in [2.05, 4.69) is 0 Å². The molecule has 0 aromatic carbocycles. The molecule has 2 N–H and O–H groups in total. The first kappa shape index (κ1) is 19.3. The van der Waals surface area contributed by atoms with Crippen molar-refractivity contribution in [3.05, 3.63) is 0 Å². The van der Waals surface area contributed by atoms with Crippen LogP contribution in [0.4, 0.5) is 0 Å². The third kappa shape index (κ3) is 14.6. The monoisotopic (exact) mass is 344 g/mol. The SMILES string of the molecule is CC(SSCCCCCCSSCC(=O)O)C(=O)O. The van der Waals surface area contributed by atoms with Crippen LogP contribution in [-0.4, -0.2) is 44.7 Å². The molecule has 0 heterocycles. The van der Waals surface area contributed by atoms with Crippen molar-refractivity contribution < 1.29 is 19.8 Å². The molecule has 19 heavy (non-hydrogen) atoms. The molecule has 0 rings (SSSR count). The standard InChI is InChI=1S/C11H20O4S4/c1-9(11(14)15)19-17-7-5-3-2-4-6-16-18-8-10(12)13/h9H,2-8H2,1H3,(H,12,13)(H,14,15). The molecule has 0 spiro atoms. The van der Waals surface area contributed by atoms with Gasteiger partial charge in [0.2, 0.25) is 0 Å². The summed E-state index contributed by atoms with van der Waals surface area (Å²) in [6.07, 6.45) is 4.52. The predicted molar refractivity (Wildman–Crippen MR) is 88.2 cm³/mol. The van der Waals surface area contributed by atoms with Gasteiger partial charge in [-0.2, -0.15) is 0 Å². The summed E-state index contributed by atoms with van der Waals surface area (Å²) in [4.78, 5) is 20.8. The van der Waals surface area contributed by atoms with Gasteiger partial charge in [-0.3, -0.25) is 9.59 Å². The van der Waals surface area contributed by atoms with E-state index in [-0.39, 0.29) is 11.0 Å². The average Bonchev–Trinajstić information content (AvgIpc) is 2.35. The topological polar surface area (TPSA) is 74.6 Å². The third-order valence-corrected chi connectivity index (χ3v) is 7.23. The van der Waals surface area contributed by atoms with Gasteiger partial charge in [0.05, 0.1) is 0 Å². The number of hydrogen-bond donors (Lipinski definition) is 2. The van der Waals surface area contributed by atoms with E-state index in [1.807, 2.05) is 0 Å². The van der Waals surface area contributed by atoms with Gasteiger partial charge in [-0.05, 0) is 19.8 Å². The maximum Gasteiger partial charge on any atom is 0.317 e. The Hall–Kier alpha value is 0.340. The average molecular weight is 345 g/mol.